The number of carbonyl (C=O) groups excluding carboxylic acids is 1. The summed E-state index contributed by atoms with van der Waals surface area (Å²) in [5.74, 6) is 1.29. The minimum atomic E-state index is 0.129. The number of hydrogen-bond donors (Lipinski definition) is 3. The molecular weight excluding hydrogens is 326 g/mol. The standard InChI is InChI=1S/C21H33N3O2/c25-16-18-8-12-24(13-9-18)15-19-2-1-3-20(14-19)23-21(26)5-4-17-6-10-22-11-7-17/h1-3,14,17-18,22,25H,4-13,15-16H2,(H,23,26). The molecular formula is C21H33N3O2. The Labute approximate surface area is 157 Å². The maximum absolute atomic E-state index is 12.3. The fraction of sp³-hybridized carbons (Fsp3) is 0.667. The first-order valence-corrected chi connectivity index (χ1v) is 10.2. The number of aliphatic hydroxyl groups excluding tert-OH is 1. The van der Waals surface area contributed by atoms with Crippen LogP contribution < -0.4 is 10.6 Å². The second-order valence-electron chi connectivity index (χ2n) is 7.88. The van der Waals surface area contributed by atoms with Crippen LogP contribution in [0.5, 0.6) is 0 Å². The Kier molecular flexibility index (Phi) is 7.47. The van der Waals surface area contributed by atoms with E-state index in [4.69, 9.17) is 0 Å². The fourth-order valence-electron chi connectivity index (χ4n) is 4.06. The first-order valence-electron chi connectivity index (χ1n) is 10.2. The average molecular weight is 360 g/mol. The first-order chi connectivity index (χ1) is 12.7. The average Bonchev–Trinajstić information content (AvgIpc) is 2.68. The molecule has 2 aliphatic heterocycles. The number of hydrogen-bond acceptors (Lipinski definition) is 4. The monoisotopic (exact) mass is 359 g/mol. The van der Waals surface area contributed by atoms with E-state index in [2.05, 4.69) is 27.7 Å². The van der Waals surface area contributed by atoms with Crippen LogP contribution in [0.3, 0.4) is 0 Å². The van der Waals surface area contributed by atoms with E-state index < -0.39 is 0 Å². The van der Waals surface area contributed by atoms with Crippen molar-refractivity contribution < 1.29 is 9.90 Å². The SMILES string of the molecule is O=C(CCC1CCNCC1)Nc1cccc(CN2CCC(CO)CC2)c1. The molecule has 0 aliphatic carbocycles. The van der Waals surface area contributed by atoms with Crippen LogP contribution in [0.15, 0.2) is 24.3 Å². The molecule has 0 unspecified atom stereocenters. The lowest BCUT2D eigenvalue weighted by Gasteiger charge is -2.31. The van der Waals surface area contributed by atoms with Gasteiger partial charge in [-0.25, -0.2) is 0 Å². The first kappa shape index (κ1) is 19.3. The van der Waals surface area contributed by atoms with Crippen LogP contribution in [0.25, 0.3) is 0 Å². The molecule has 0 aromatic heterocycles. The minimum Gasteiger partial charge on any atom is -0.396 e. The molecule has 1 aromatic carbocycles. The Balaban J connectivity index is 1.43. The number of amides is 1. The molecule has 2 heterocycles. The second kappa shape index (κ2) is 10.0. The Morgan fingerprint density at radius 3 is 2.65 bits per heavy atom. The van der Waals surface area contributed by atoms with E-state index in [-0.39, 0.29) is 5.91 Å². The Morgan fingerprint density at radius 1 is 1.15 bits per heavy atom. The van der Waals surface area contributed by atoms with Gasteiger partial charge < -0.3 is 15.7 Å². The van der Waals surface area contributed by atoms with Crippen molar-refractivity contribution in [2.24, 2.45) is 11.8 Å². The van der Waals surface area contributed by atoms with Gasteiger partial charge in [0.15, 0.2) is 0 Å². The van der Waals surface area contributed by atoms with Gasteiger partial charge >= 0.3 is 0 Å². The molecule has 1 aromatic rings. The molecule has 2 saturated heterocycles. The second-order valence-corrected chi connectivity index (χ2v) is 7.88. The molecule has 2 aliphatic rings. The van der Waals surface area contributed by atoms with E-state index in [9.17, 15) is 9.90 Å². The number of rotatable bonds is 7. The van der Waals surface area contributed by atoms with Crippen molar-refractivity contribution >= 4 is 11.6 Å². The van der Waals surface area contributed by atoms with Gasteiger partial charge in [0.05, 0.1) is 0 Å². The molecule has 0 saturated carbocycles. The van der Waals surface area contributed by atoms with Crippen molar-refractivity contribution in [2.45, 2.75) is 45.1 Å². The summed E-state index contributed by atoms with van der Waals surface area (Å²) < 4.78 is 0. The number of piperidine rings is 2. The van der Waals surface area contributed by atoms with Crippen LogP contribution in [-0.2, 0) is 11.3 Å². The molecule has 2 fully saturated rings. The quantitative estimate of drug-likeness (QED) is 0.700. The van der Waals surface area contributed by atoms with Gasteiger partial charge in [-0.2, -0.15) is 0 Å². The van der Waals surface area contributed by atoms with E-state index >= 15 is 0 Å². The molecule has 3 rings (SSSR count). The summed E-state index contributed by atoms with van der Waals surface area (Å²) >= 11 is 0. The highest BCUT2D eigenvalue weighted by molar-refractivity contribution is 5.90. The van der Waals surface area contributed by atoms with E-state index in [1.807, 2.05) is 12.1 Å². The summed E-state index contributed by atoms with van der Waals surface area (Å²) in [5, 5.41) is 15.7. The summed E-state index contributed by atoms with van der Waals surface area (Å²) in [4.78, 5) is 14.7. The predicted octanol–water partition coefficient (Wildman–Crippen LogP) is 2.61. The van der Waals surface area contributed by atoms with Crippen LogP contribution in [0.1, 0.15) is 44.1 Å². The molecule has 144 valence electrons. The van der Waals surface area contributed by atoms with Gasteiger partial charge in [-0.3, -0.25) is 9.69 Å². The highest BCUT2D eigenvalue weighted by atomic mass is 16.3. The predicted molar refractivity (Wildman–Crippen MR) is 105 cm³/mol. The molecule has 1 amide bonds. The van der Waals surface area contributed by atoms with Gasteiger partial charge in [0.1, 0.15) is 0 Å². The van der Waals surface area contributed by atoms with Crippen molar-refractivity contribution in [1.82, 2.24) is 10.2 Å². The lowest BCUT2D eigenvalue weighted by Crippen LogP contribution is -2.34. The number of likely N-dealkylation sites (tertiary alicyclic amines) is 1. The van der Waals surface area contributed by atoms with Crippen LogP contribution in [-0.4, -0.2) is 48.7 Å². The lowest BCUT2D eigenvalue weighted by atomic mass is 9.93. The molecule has 3 N–H and O–H groups in total. The van der Waals surface area contributed by atoms with E-state index in [0.717, 1.165) is 57.7 Å². The third-order valence-electron chi connectivity index (χ3n) is 5.82. The van der Waals surface area contributed by atoms with Crippen LogP contribution in [0.2, 0.25) is 0 Å². The number of nitrogens with one attached hydrogen (secondary N) is 2. The van der Waals surface area contributed by atoms with E-state index in [0.29, 0.717) is 24.9 Å². The number of nitrogens with zero attached hydrogens (tertiary/aromatic N) is 1. The normalized spacial score (nSPS) is 20.2. The van der Waals surface area contributed by atoms with Crippen LogP contribution >= 0.6 is 0 Å². The lowest BCUT2D eigenvalue weighted by molar-refractivity contribution is -0.116. The largest absolute Gasteiger partial charge is 0.396 e. The fourth-order valence-corrected chi connectivity index (χ4v) is 4.06. The summed E-state index contributed by atoms with van der Waals surface area (Å²) in [6.07, 6.45) is 6.13. The van der Waals surface area contributed by atoms with Gasteiger partial charge in [0, 0.05) is 25.3 Å². The van der Waals surface area contributed by atoms with Crippen molar-refractivity contribution in [2.75, 3.05) is 38.1 Å². The Morgan fingerprint density at radius 2 is 1.92 bits per heavy atom. The number of benzene rings is 1. The van der Waals surface area contributed by atoms with Crippen molar-refractivity contribution in [3.05, 3.63) is 29.8 Å². The van der Waals surface area contributed by atoms with Gasteiger partial charge in [-0.1, -0.05) is 12.1 Å². The zero-order chi connectivity index (χ0) is 18.2. The molecule has 0 spiro atoms. The topological polar surface area (TPSA) is 64.6 Å². The number of anilines is 1. The van der Waals surface area contributed by atoms with E-state index in [1.54, 1.807) is 0 Å². The molecule has 0 bridgehead atoms. The molecule has 5 heteroatoms. The summed E-state index contributed by atoms with van der Waals surface area (Å²) in [6, 6.07) is 8.23. The molecule has 5 nitrogen and oxygen atoms in total. The molecule has 0 radical (unpaired) electrons. The third-order valence-corrected chi connectivity index (χ3v) is 5.82. The van der Waals surface area contributed by atoms with Gasteiger partial charge in [0.25, 0.3) is 0 Å². The van der Waals surface area contributed by atoms with Gasteiger partial charge in [0.2, 0.25) is 5.91 Å². The minimum absolute atomic E-state index is 0.129. The highest BCUT2D eigenvalue weighted by Crippen LogP contribution is 2.21. The maximum Gasteiger partial charge on any atom is 0.224 e. The molecule has 0 atom stereocenters. The zero-order valence-electron chi connectivity index (χ0n) is 15.8. The number of aliphatic hydroxyl groups is 1. The Bertz CT molecular complexity index is 564. The zero-order valence-corrected chi connectivity index (χ0v) is 15.8. The highest BCUT2D eigenvalue weighted by Gasteiger charge is 2.18. The Hall–Kier alpha value is -1.43. The van der Waals surface area contributed by atoms with Crippen molar-refractivity contribution in [3.63, 3.8) is 0 Å². The third kappa shape index (κ3) is 6.08. The molecule has 26 heavy (non-hydrogen) atoms. The van der Waals surface area contributed by atoms with Gasteiger partial charge in [-0.15, -0.1) is 0 Å². The summed E-state index contributed by atoms with van der Waals surface area (Å²) in [7, 11) is 0. The maximum atomic E-state index is 12.3. The van der Waals surface area contributed by atoms with Crippen molar-refractivity contribution in [1.29, 1.82) is 0 Å². The number of carbonyl (C=O) groups is 1. The van der Waals surface area contributed by atoms with Crippen LogP contribution in [0.4, 0.5) is 5.69 Å². The summed E-state index contributed by atoms with van der Waals surface area (Å²) in [5.41, 5.74) is 2.15. The smallest absolute Gasteiger partial charge is 0.224 e. The van der Waals surface area contributed by atoms with E-state index in [1.165, 1.54) is 18.4 Å². The van der Waals surface area contributed by atoms with Gasteiger partial charge in [-0.05, 0) is 87.8 Å². The summed E-state index contributed by atoms with van der Waals surface area (Å²) in [6.45, 7) is 5.48. The van der Waals surface area contributed by atoms with Crippen LogP contribution in [0, 0.1) is 11.8 Å². The van der Waals surface area contributed by atoms with Crippen molar-refractivity contribution in [3.8, 4) is 0 Å².